The van der Waals surface area contributed by atoms with Gasteiger partial charge >= 0.3 is 0 Å². The minimum absolute atomic E-state index is 0.0449. The number of carbonyl (C=O) groups is 2. The summed E-state index contributed by atoms with van der Waals surface area (Å²) in [6.45, 7) is 2.34. The van der Waals surface area contributed by atoms with Crippen LogP contribution in [0.25, 0.3) is 0 Å². The average molecular weight is 369 g/mol. The van der Waals surface area contributed by atoms with Gasteiger partial charge in [0.1, 0.15) is 0 Å². The van der Waals surface area contributed by atoms with Gasteiger partial charge in [-0.2, -0.15) is 0 Å². The van der Waals surface area contributed by atoms with Crippen LogP contribution in [0.4, 0.5) is 0 Å². The first-order valence-corrected chi connectivity index (χ1v) is 10.1. The highest BCUT2D eigenvalue weighted by Gasteiger charge is 2.26. The molecule has 6 heteroatoms. The van der Waals surface area contributed by atoms with Gasteiger partial charge in [0.15, 0.2) is 0 Å². The van der Waals surface area contributed by atoms with Gasteiger partial charge in [-0.3, -0.25) is 9.59 Å². The molecule has 3 heterocycles. The van der Waals surface area contributed by atoms with Gasteiger partial charge < -0.3 is 14.4 Å². The van der Waals surface area contributed by atoms with Crippen molar-refractivity contribution in [3.05, 3.63) is 53.3 Å². The maximum Gasteiger partial charge on any atom is 0.255 e. The lowest BCUT2D eigenvalue weighted by Crippen LogP contribution is -2.50. The Hall–Kier alpha value is -2.21. The van der Waals surface area contributed by atoms with Gasteiger partial charge in [-0.05, 0) is 48.4 Å². The fourth-order valence-electron chi connectivity index (χ4n) is 3.60. The van der Waals surface area contributed by atoms with Crippen molar-refractivity contribution in [3.8, 4) is 0 Å². The number of amides is 2. The Balaban J connectivity index is 1.40. The fraction of sp³-hybridized carbons (Fsp3) is 0.400. The van der Waals surface area contributed by atoms with E-state index in [1.54, 1.807) is 0 Å². The van der Waals surface area contributed by atoms with E-state index in [9.17, 15) is 9.59 Å². The van der Waals surface area contributed by atoms with Crippen molar-refractivity contribution in [2.75, 3.05) is 31.9 Å². The second kappa shape index (κ2) is 7.19. The van der Waals surface area contributed by atoms with Crippen LogP contribution in [-0.2, 0) is 13.5 Å². The number of nitrogens with zero attached hydrogens (tertiary/aromatic N) is 3. The van der Waals surface area contributed by atoms with Crippen LogP contribution < -0.4 is 0 Å². The van der Waals surface area contributed by atoms with Crippen molar-refractivity contribution in [3.63, 3.8) is 0 Å². The van der Waals surface area contributed by atoms with Gasteiger partial charge in [-0.25, -0.2) is 0 Å². The lowest BCUT2D eigenvalue weighted by molar-refractivity contribution is 0.0535. The van der Waals surface area contributed by atoms with Gasteiger partial charge in [-0.15, -0.1) is 11.8 Å². The quantitative estimate of drug-likeness (QED) is 0.818. The highest BCUT2D eigenvalue weighted by atomic mass is 32.2. The van der Waals surface area contributed by atoms with E-state index in [4.69, 9.17) is 0 Å². The molecule has 0 radical (unpaired) electrons. The third-order valence-electron chi connectivity index (χ3n) is 5.09. The second-order valence-electron chi connectivity index (χ2n) is 6.92. The van der Waals surface area contributed by atoms with Gasteiger partial charge in [0.25, 0.3) is 11.8 Å². The minimum Gasteiger partial charge on any atom is -0.356 e. The molecular formula is C20H23N3O2S. The van der Waals surface area contributed by atoms with Crippen LogP contribution in [0.3, 0.4) is 0 Å². The van der Waals surface area contributed by atoms with Gasteiger partial charge in [0.05, 0.1) is 5.56 Å². The molecule has 2 aliphatic heterocycles. The Morgan fingerprint density at radius 1 is 0.962 bits per heavy atom. The molecule has 1 aromatic carbocycles. The summed E-state index contributed by atoms with van der Waals surface area (Å²) in [5.74, 6) is 1.29. The van der Waals surface area contributed by atoms with E-state index in [1.165, 1.54) is 16.9 Å². The first kappa shape index (κ1) is 17.2. The van der Waals surface area contributed by atoms with Crippen molar-refractivity contribution in [2.45, 2.75) is 17.7 Å². The highest BCUT2D eigenvalue weighted by Crippen LogP contribution is 2.30. The molecule has 2 amide bonds. The van der Waals surface area contributed by atoms with Crippen LogP contribution in [0.5, 0.6) is 0 Å². The van der Waals surface area contributed by atoms with Crippen molar-refractivity contribution in [1.29, 1.82) is 0 Å². The third-order valence-corrected chi connectivity index (χ3v) is 6.29. The van der Waals surface area contributed by atoms with E-state index in [0.717, 1.165) is 17.7 Å². The largest absolute Gasteiger partial charge is 0.356 e. The molecule has 0 bridgehead atoms. The molecular weight excluding hydrogens is 346 g/mol. The summed E-state index contributed by atoms with van der Waals surface area (Å²) in [5, 5.41) is 0. The number of fused-ring (bicyclic) bond motifs is 1. The average Bonchev–Trinajstić information content (AvgIpc) is 3.13. The van der Waals surface area contributed by atoms with Crippen LogP contribution in [-0.4, -0.2) is 58.1 Å². The molecule has 136 valence electrons. The molecule has 0 saturated carbocycles. The second-order valence-corrected chi connectivity index (χ2v) is 8.06. The zero-order valence-electron chi connectivity index (χ0n) is 15.0. The van der Waals surface area contributed by atoms with Crippen LogP contribution in [0.15, 0.2) is 41.6 Å². The normalized spacial score (nSPS) is 17.1. The van der Waals surface area contributed by atoms with E-state index >= 15 is 0 Å². The number of rotatable bonds is 2. The zero-order valence-corrected chi connectivity index (χ0v) is 15.8. The standard InChI is InChI=1S/C20H23N3O2S/c1-21-7-6-17(14-21)20(25)23-10-8-22(9-11-23)19(24)16-4-5-18-15(13-16)3-2-12-26-18/h4-7,13-14H,2-3,8-12H2,1H3. The Bertz CT molecular complexity index is 837. The third kappa shape index (κ3) is 3.38. The topological polar surface area (TPSA) is 45.6 Å². The van der Waals surface area contributed by atoms with Crippen LogP contribution >= 0.6 is 11.8 Å². The van der Waals surface area contributed by atoms with Crippen molar-refractivity contribution in [2.24, 2.45) is 7.05 Å². The molecule has 0 aliphatic carbocycles. The number of aryl methyl sites for hydroxylation is 2. The Morgan fingerprint density at radius 3 is 2.31 bits per heavy atom. The van der Waals surface area contributed by atoms with Gasteiger partial charge in [-0.1, -0.05) is 0 Å². The smallest absolute Gasteiger partial charge is 0.255 e. The monoisotopic (exact) mass is 369 g/mol. The minimum atomic E-state index is 0.0449. The molecule has 4 rings (SSSR count). The molecule has 2 aliphatic rings. The molecule has 1 fully saturated rings. The number of benzene rings is 1. The van der Waals surface area contributed by atoms with E-state index in [1.807, 2.05) is 57.7 Å². The Kier molecular flexibility index (Phi) is 4.76. The summed E-state index contributed by atoms with van der Waals surface area (Å²) < 4.78 is 1.88. The van der Waals surface area contributed by atoms with Gasteiger partial charge in [0, 0.05) is 56.1 Å². The van der Waals surface area contributed by atoms with Gasteiger partial charge in [0.2, 0.25) is 0 Å². The summed E-state index contributed by atoms with van der Waals surface area (Å²) in [4.78, 5) is 30.4. The molecule has 0 atom stereocenters. The predicted octanol–water partition coefficient (Wildman–Crippen LogP) is 2.66. The molecule has 0 unspecified atom stereocenters. The van der Waals surface area contributed by atoms with E-state index in [-0.39, 0.29) is 11.8 Å². The van der Waals surface area contributed by atoms with E-state index in [2.05, 4.69) is 12.1 Å². The molecule has 0 N–H and O–H groups in total. The first-order chi connectivity index (χ1) is 12.6. The first-order valence-electron chi connectivity index (χ1n) is 9.08. The molecule has 0 spiro atoms. The van der Waals surface area contributed by atoms with Crippen molar-refractivity contribution in [1.82, 2.24) is 14.4 Å². The number of hydrogen-bond acceptors (Lipinski definition) is 3. The predicted molar refractivity (Wildman–Crippen MR) is 103 cm³/mol. The van der Waals surface area contributed by atoms with Crippen LogP contribution in [0, 0.1) is 0 Å². The molecule has 1 aromatic heterocycles. The Labute approximate surface area is 158 Å². The fourth-order valence-corrected chi connectivity index (χ4v) is 4.62. The molecule has 5 nitrogen and oxygen atoms in total. The van der Waals surface area contributed by atoms with Crippen molar-refractivity contribution < 1.29 is 9.59 Å². The van der Waals surface area contributed by atoms with E-state index < -0.39 is 0 Å². The highest BCUT2D eigenvalue weighted by molar-refractivity contribution is 7.99. The maximum absolute atomic E-state index is 12.8. The summed E-state index contributed by atoms with van der Waals surface area (Å²) in [7, 11) is 1.91. The number of carbonyl (C=O) groups excluding carboxylic acids is 2. The summed E-state index contributed by atoms with van der Waals surface area (Å²) >= 11 is 1.88. The zero-order chi connectivity index (χ0) is 18.1. The molecule has 1 saturated heterocycles. The summed E-state index contributed by atoms with van der Waals surface area (Å²) in [6.07, 6.45) is 5.95. The lowest BCUT2D eigenvalue weighted by atomic mass is 10.0. The van der Waals surface area contributed by atoms with E-state index in [0.29, 0.717) is 31.7 Å². The van der Waals surface area contributed by atoms with Crippen molar-refractivity contribution >= 4 is 23.6 Å². The Morgan fingerprint density at radius 2 is 1.65 bits per heavy atom. The molecule has 26 heavy (non-hydrogen) atoms. The summed E-state index contributed by atoms with van der Waals surface area (Å²) in [5.41, 5.74) is 2.78. The van der Waals surface area contributed by atoms with Crippen LogP contribution in [0.1, 0.15) is 32.7 Å². The maximum atomic E-state index is 12.8. The lowest BCUT2D eigenvalue weighted by Gasteiger charge is -2.34. The number of aromatic nitrogens is 1. The SMILES string of the molecule is Cn1ccc(C(=O)N2CCN(C(=O)c3ccc4c(c3)CCCS4)CC2)c1. The summed E-state index contributed by atoms with van der Waals surface area (Å²) in [6, 6.07) is 7.93. The molecule has 2 aromatic rings. The number of thioether (sulfide) groups is 1. The number of hydrogen-bond donors (Lipinski definition) is 0. The van der Waals surface area contributed by atoms with Crippen LogP contribution in [0.2, 0.25) is 0 Å². The number of piperazine rings is 1.